The first kappa shape index (κ1) is 30.9. The van der Waals surface area contributed by atoms with Gasteiger partial charge in [-0.25, -0.2) is 0 Å². The zero-order valence-electron chi connectivity index (χ0n) is 24.6. The largest absolute Gasteiger partial charge is 0.394 e. The molecule has 0 saturated carbocycles. The van der Waals surface area contributed by atoms with Crippen molar-refractivity contribution in [2.45, 2.75) is 67.4 Å². The van der Waals surface area contributed by atoms with E-state index < -0.39 is 28.7 Å². The summed E-state index contributed by atoms with van der Waals surface area (Å²) in [5.41, 5.74) is 2.40. The molecule has 3 N–H and O–H groups in total. The molecule has 8 nitrogen and oxygen atoms in total. The number of rotatable bonds is 11. The van der Waals surface area contributed by atoms with Gasteiger partial charge in [0.05, 0.1) is 29.2 Å². The number of carbonyl (C=O) groups excluding carboxylic acids is 3. The van der Waals surface area contributed by atoms with Crippen LogP contribution >= 0.6 is 27.7 Å². The Hall–Kier alpha value is -2.56. The fourth-order valence-corrected chi connectivity index (χ4v) is 10.8. The first-order chi connectivity index (χ1) is 20.1. The van der Waals surface area contributed by atoms with E-state index in [0.717, 1.165) is 18.8 Å². The summed E-state index contributed by atoms with van der Waals surface area (Å²) in [5, 5.41) is 16.5. The van der Waals surface area contributed by atoms with Gasteiger partial charge in [0.2, 0.25) is 17.7 Å². The summed E-state index contributed by atoms with van der Waals surface area (Å²) >= 11 is 5.42. The minimum atomic E-state index is -0.821. The van der Waals surface area contributed by atoms with Gasteiger partial charge in [-0.2, -0.15) is 0 Å². The molecule has 42 heavy (non-hydrogen) atoms. The van der Waals surface area contributed by atoms with E-state index in [1.165, 1.54) is 0 Å². The molecule has 3 unspecified atom stereocenters. The van der Waals surface area contributed by atoms with Crippen LogP contribution in [0.15, 0.2) is 54.6 Å². The lowest BCUT2D eigenvalue weighted by atomic mass is 9.70. The molecule has 10 heteroatoms. The first-order valence-corrected chi connectivity index (χ1v) is 16.7. The van der Waals surface area contributed by atoms with E-state index in [4.69, 9.17) is 0 Å². The Morgan fingerprint density at radius 2 is 1.67 bits per heavy atom. The van der Waals surface area contributed by atoms with Crippen molar-refractivity contribution in [3.8, 4) is 0 Å². The van der Waals surface area contributed by atoms with E-state index >= 15 is 0 Å². The molecule has 3 aliphatic rings. The van der Waals surface area contributed by atoms with Crippen LogP contribution in [-0.4, -0.2) is 74.3 Å². The summed E-state index contributed by atoms with van der Waals surface area (Å²) in [7, 11) is 0. The fourth-order valence-electron chi connectivity index (χ4n) is 7.18. The lowest BCUT2D eigenvalue weighted by Crippen LogP contribution is -2.55. The van der Waals surface area contributed by atoms with E-state index in [-0.39, 0.29) is 40.3 Å². The van der Waals surface area contributed by atoms with Crippen molar-refractivity contribution in [1.82, 2.24) is 4.90 Å². The van der Waals surface area contributed by atoms with E-state index in [2.05, 4.69) is 45.3 Å². The molecule has 226 valence electrons. The van der Waals surface area contributed by atoms with E-state index in [1.54, 1.807) is 16.7 Å². The lowest BCUT2D eigenvalue weighted by Gasteiger charge is -2.37. The van der Waals surface area contributed by atoms with Gasteiger partial charge in [-0.1, -0.05) is 48.0 Å². The third-order valence-electron chi connectivity index (χ3n) is 8.93. The summed E-state index contributed by atoms with van der Waals surface area (Å²) in [6, 6.07) is 15.7. The molecular formula is C32H41BrN4O4S. The van der Waals surface area contributed by atoms with Crippen LogP contribution in [0.3, 0.4) is 0 Å². The molecule has 3 aliphatic heterocycles. The maximum atomic E-state index is 14.4. The predicted molar refractivity (Wildman–Crippen MR) is 173 cm³/mol. The number of amides is 3. The molecule has 1 spiro atoms. The van der Waals surface area contributed by atoms with Gasteiger partial charge in [0, 0.05) is 40.2 Å². The number of benzene rings is 2. The molecule has 5 rings (SSSR count). The summed E-state index contributed by atoms with van der Waals surface area (Å²) in [5.74, 6) is -1.76. The second-order valence-corrected chi connectivity index (χ2v) is 14.7. The second kappa shape index (κ2) is 12.6. The highest BCUT2D eigenvalue weighted by atomic mass is 79.9. The summed E-state index contributed by atoms with van der Waals surface area (Å²) in [6.07, 6.45) is 1.14. The standard InChI is InChI=1S/C32H41BrN4O4S/c1-5-36(6-2)22-14-12-21(13-15-22)35-30(40)28-32-17-24(33)27(42-32)25(29(39)34-20-10-8-7-9-11-20)26(32)31(41)37(28)23(18-38)16-19(3)4/h7-15,19,23-28,38H,5-6,16-18H2,1-4H3,(H,34,39)(H,35,40)/t23-,24?,25+,26+,27+,28?,32?/m1/s1. The Balaban J connectivity index is 1.49. The van der Waals surface area contributed by atoms with Crippen molar-refractivity contribution in [3.05, 3.63) is 54.6 Å². The average Bonchev–Trinajstić information content (AvgIpc) is 3.57. The van der Waals surface area contributed by atoms with E-state index in [1.807, 2.05) is 68.4 Å². The molecule has 3 fully saturated rings. The molecule has 0 radical (unpaired) electrons. The van der Waals surface area contributed by atoms with Crippen molar-refractivity contribution >= 4 is 62.5 Å². The average molecular weight is 658 g/mol. The van der Waals surface area contributed by atoms with Crippen LogP contribution in [0.1, 0.15) is 40.5 Å². The van der Waals surface area contributed by atoms with Crippen LogP contribution in [0.5, 0.6) is 0 Å². The molecule has 7 atom stereocenters. The maximum absolute atomic E-state index is 14.4. The number of fused-ring (bicyclic) bond motifs is 1. The van der Waals surface area contributed by atoms with Gasteiger partial charge in [0.1, 0.15) is 6.04 Å². The number of nitrogens with one attached hydrogen (secondary N) is 2. The van der Waals surface area contributed by atoms with Gasteiger partial charge < -0.3 is 25.5 Å². The van der Waals surface area contributed by atoms with Gasteiger partial charge in [0.15, 0.2) is 0 Å². The van der Waals surface area contributed by atoms with Crippen LogP contribution in [0, 0.1) is 17.8 Å². The Labute approximate surface area is 261 Å². The maximum Gasteiger partial charge on any atom is 0.248 e. The quantitative estimate of drug-likeness (QED) is 0.295. The number of hydrogen-bond acceptors (Lipinski definition) is 6. The number of aliphatic hydroxyl groups is 1. The molecule has 2 aromatic rings. The number of alkyl halides is 1. The lowest BCUT2D eigenvalue weighted by molar-refractivity contribution is -0.141. The van der Waals surface area contributed by atoms with Gasteiger partial charge in [-0.15, -0.1) is 11.8 Å². The predicted octanol–water partition coefficient (Wildman–Crippen LogP) is 4.98. The highest BCUT2D eigenvalue weighted by molar-refractivity contribution is 9.09. The normalized spacial score (nSPS) is 28.6. The summed E-state index contributed by atoms with van der Waals surface area (Å²) < 4.78 is -0.787. The van der Waals surface area contributed by atoms with E-state index in [9.17, 15) is 19.5 Å². The van der Waals surface area contributed by atoms with Gasteiger partial charge in [-0.05, 0) is 69.0 Å². The minimum Gasteiger partial charge on any atom is -0.394 e. The number of hydrogen-bond donors (Lipinski definition) is 3. The van der Waals surface area contributed by atoms with Crippen LogP contribution in [0.2, 0.25) is 0 Å². The number of para-hydroxylation sites is 1. The Bertz CT molecular complexity index is 1290. The number of thioether (sulfide) groups is 1. The second-order valence-electron chi connectivity index (χ2n) is 11.9. The third kappa shape index (κ3) is 5.46. The highest BCUT2D eigenvalue weighted by Crippen LogP contribution is 2.68. The number of halogens is 1. The van der Waals surface area contributed by atoms with Crippen molar-refractivity contribution < 1.29 is 19.5 Å². The molecule has 3 saturated heterocycles. The first-order valence-electron chi connectivity index (χ1n) is 14.9. The molecule has 2 aromatic carbocycles. The number of anilines is 3. The zero-order chi connectivity index (χ0) is 30.2. The van der Waals surface area contributed by atoms with E-state index in [0.29, 0.717) is 24.2 Å². The Morgan fingerprint density at radius 3 is 2.26 bits per heavy atom. The van der Waals surface area contributed by atoms with Crippen LogP contribution in [-0.2, 0) is 14.4 Å². The molecule has 3 amide bonds. The van der Waals surface area contributed by atoms with Crippen LogP contribution < -0.4 is 15.5 Å². The highest BCUT2D eigenvalue weighted by Gasteiger charge is 2.76. The van der Waals surface area contributed by atoms with Gasteiger partial charge in [0.25, 0.3) is 0 Å². The number of carbonyl (C=O) groups is 3. The number of likely N-dealkylation sites (tertiary alicyclic amines) is 1. The topological polar surface area (TPSA) is 102 Å². The zero-order valence-corrected chi connectivity index (χ0v) is 27.0. The van der Waals surface area contributed by atoms with Crippen molar-refractivity contribution in [1.29, 1.82) is 0 Å². The number of aliphatic hydroxyl groups excluding tert-OH is 1. The Kier molecular flexibility index (Phi) is 9.25. The van der Waals surface area contributed by atoms with Gasteiger partial charge in [-0.3, -0.25) is 14.4 Å². The number of nitrogens with zero attached hydrogens (tertiary/aromatic N) is 2. The molecule has 3 heterocycles. The van der Waals surface area contributed by atoms with Crippen molar-refractivity contribution in [3.63, 3.8) is 0 Å². The molecule has 0 aromatic heterocycles. The fraction of sp³-hybridized carbons (Fsp3) is 0.531. The molecule has 2 bridgehead atoms. The Morgan fingerprint density at radius 1 is 1.05 bits per heavy atom. The van der Waals surface area contributed by atoms with Crippen molar-refractivity contribution in [2.75, 3.05) is 35.2 Å². The van der Waals surface area contributed by atoms with Crippen LogP contribution in [0.4, 0.5) is 17.1 Å². The third-order valence-corrected chi connectivity index (χ3v) is 12.2. The smallest absolute Gasteiger partial charge is 0.248 e. The summed E-state index contributed by atoms with van der Waals surface area (Å²) in [4.78, 5) is 46.3. The monoisotopic (exact) mass is 656 g/mol. The SMILES string of the molecule is CCN(CC)c1ccc(NC(=O)C2N([C@@H](CO)CC(C)C)C(=O)[C@@H]3[C@H](C(=O)Nc4ccccc4)[C@H]4SC23CC4Br)cc1. The van der Waals surface area contributed by atoms with Crippen molar-refractivity contribution in [2.24, 2.45) is 17.8 Å². The van der Waals surface area contributed by atoms with Crippen LogP contribution in [0.25, 0.3) is 0 Å². The minimum absolute atomic E-state index is 0.0284. The molecule has 0 aliphatic carbocycles. The molecular weight excluding hydrogens is 616 g/mol. The van der Waals surface area contributed by atoms with Gasteiger partial charge >= 0.3 is 0 Å². The summed E-state index contributed by atoms with van der Waals surface area (Å²) in [6.45, 7) is 9.81.